The van der Waals surface area contributed by atoms with Crippen LogP contribution in [0.2, 0.25) is 0 Å². The van der Waals surface area contributed by atoms with Gasteiger partial charge in [-0.3, -0.25) is 4.79 Å². The van der Waals surface area contributed by atoms with Gasteiger partial charge < -0.3 is 25.2 Å². The molecule has 0 fully saturated rings. The van der Waals surface area contributed by atoms with Crippen LogP contribution < -0.4 is 20.1 Å². The van der Waals surface area contributed by atoms with Gasteiger partial charge in [0.15, 0.2) is 11.5 Å². The summed E-state index contributed by atoms with van der Waals surface area (Å²) in [6.45, 7) is 0. The molecule has 0 aliphatic rings. The Morgan fingerprint density at radius 2 is 1.79 bits per heavy atom. The molecular weight excluding hydrogens is 248 g/mol. The lowest BCUT2D eigenvalue weighted by atomic mass is 9.99. The maximum absolute atomic E-state index is 11.2. The Morgan fingerprint density at radius 1 is 1.16 bits per heavy atom. The van der Waals surface area contributed by atoms with Crippen molar-refractivity contribution in [3.05, 3.63) is 23.8 Å². The molecular formula is C13H20N2O4. The molecule has 0 saturated carbocycles. The number of carboxylic acid groups (broad SMARTS) is 1. The number of carbonyl (C=O) groups is 1. The Hall–Kier alpha value is -1.79. The van der Waals surface area contributed by atoms with E-state index in [2.05, 4.69) is 10.6 Å². The van der Waals surface area contributed by atoms with Crippen LogP contribution in [0.3, 0.4) is 0 Å². The normalized spacial score (nSPS) is 13.7. The Morgan fingerprint density at radius 3 is 2.21 bits per heavy atom. The first-order valence-corrected chi connectivity index (χ1v) is 5.88. The minimum absolute atomic E-state index is 0.373. The summed E-state index contributed by atoms with van der Waals surface area (Å²) in [6, 6.07) is 4.24. The monoisotopic (exact) mass is 268 g/mol. The lowest BCUT2D eigenvalue weighted by molar-refractivity contribution is -0.140. The average Bonchev–Trinajstić information content (AvgIpc) is 2.43. The van der Waals surface area contributed by atoms with Crippen molar-refractivity contribution in [2.75, 3.05) is 28.3 Å². The molecule has 2 unspecified atom stereocenters. The van der Waals surface area contributed by atoms with Crippen molar-refractivity contribution < 1.29 is 19.4 Å². The van der Waals surface area contributed by atoms with Gasteiger partial charge in [0.05, 0.1) is 20.3 Å². The van der Waals surface area contributed by atoms with E-state index >= 15 is 0 Å². The van der Waals surface area contributed by atoms with Crippen molar-refractivity contribution in [3.8, 4) is 11.5 Å². The summed E-state index contributed by atoms with van der Waals surface area (Å²) < 4.78 is 10.4. The number of hydrogen-bond donors (Lipinski definition) is 3. The van der Waals surface area contributed by atoms with E-state index in [0.29, 0.717) is 11.5 Å². The highest BCUT2D eigenvalue weighted by Crippen LogP contribution is 2.30. The molecule has 0 aromatic heterocycles. The third-order valence-corrected chi connectivity index (χ3v) is 2.99. The van der Waals surface area contributed by atoms with Gasteiger partial charge in [-0.1, -0.05) is 6.07 Å². The zero-order valence-corrected chi connectivity index (χ0v) is 11.6. The molecule has 1 aromatic carbocycles. The lowest BCUT2D eigenvalue weighted by Gasteiger charge is -2.24. The predicted octanol–water partition coefficient (Wildman–Crippen LogP) is 0.637. The summed E-state index contributed by atoms with van der Waals surface area (Å²) in [6.07, 6.45) is 0. The van der Waals surface area contributed by atoms with Crippen LogP contribution in [0, 0.1) is 0 Å². The van der Waals surface area contributed by atoms with E-state index < -0.39 is 12.0 Å². The van der Waals surface area contributed by atoms with Gasteiger partial charge in [-0.25, -0.2) is 0 Å². The van der Waals surface area contributed by atoms with Crippen LogP contribution in [-0.4, -0.2) is 45.4 Å². The SMILES string of the molecule is CNC(C(=O)O)C(NC)c1ccc(OC)c(OC)c1. The van der Waals surface area contributed by atoms with E-state index in [1.807, 2.05) is 6.07 Å². The molecule has 0 bridgehead atoms. The molecule has 0 amide bonds. The highest BCUT2D eigenvalue weighted by molar-refractivity contribution is 5.75. The minimum Gasteiger partial charge on any atom is -0.493 e. The quantitative estimate of drug-likeness (QED) is 0.673. The second-order valence-electron chi connectivity index (χ2n) is 3.99. The number of methoxy groups -OCH3 is 2. The molecule has 0 radical (unpaired) electrons. The number of hydrogen-bond acceptors (Lipinski definition) is 5. The topological polar surface area (TPSA) is 79.8 Å². The van der Waals surface area contributed by atoms with E-state index in [4.69, 9.17) is 9.47 Å². The fraction of sp³-hybridized carbons (Fsp3) is 0.462. The maximum atomic E-state index is 11.2. The Balaban J connectivity index is 3.14. The molecule has 0 spiro atoms. The molecule has 106 valence electrons. The second kappa shape index (κ2) is 6.96. The van der Waals surface area contributed by atoms with Crippen LogP contribution in [0.4, 0.5) is 0 Å². The second-order valence-corrected chi connectivity index (χ2v) is 3.99. The fourth-order valence-corrected chi connectivity index (χ4v) is 2.00. The first-order chi connectivity index (χ1) is 9.08. The molecule has 1 aromatic rings. The van der Waals surface area contributed by atoms with E-state index in [0.717, 1.165) is 5.56 Å². The summed E-state index contributed by atoms with van der Waals surface area (Å²) in [5.74, 6) is 0.259. The Kier molecular flexibility index (Phi) is 5.59. The van der Waals surface area contributed by atoms with Gasteiger partial charge in [-0.15, -0.1) is 0 Å². The molecule has 1 rings (SSSR count). The summed E-state index contributed by atoms with van der Waals surface area (Å²) in [5.41, 5.74) is 0.807. The Labute approximate surface area is 112 Å². The third kappa shape index (κ3) is 3.36. The highest BCUT2D eigenvalue weighted by Gasteiger charge is 2.27. The standard InChI is InChI=1S/C13H20N2O4/c1-14-11(12(15-2)13(16)17)8-5-6-9(18-3)10(7-8)19-4/h5-7,11-12,14-15H,1-4H3,(H,16,17). The van der Waals surface area contributed by atoms with E-state index in [1.54, 1.807) is 40.4 Å². The van der Waals surface area contributed by atoms with Crippen LogP contribution in [0.25, 0.3) is 0 Å². The Bertz CT molecular complexity index is 437. The third-order valence-electron chi connectivity index (χ3n) is 2.99. The zero-order valence-electron chi connectivity index (χ0n) is 11.6. The molecule has 3 N–H and O–H groups in total. The zero-order chi connectivity index (χ0) is 14.4. The number of aliphatic carboxylic acids is 1. The van der Waals surface area contributed by atoms with Crippen molar-refractivity contribution in [3.63, 3.8) is 0 Å². The number of likely N-dealkylation sites (N-methyl/N-ethyl adjacent to an activating group) is 2. The minimum atomic E-state index is -0.920. The fourth-order valence-electron chi connectivity index (χ4n) is 2.00. The van der Waals surface area contributed by atoms with Crippen LogP contribution in [0.15, 0.2) is 18.2 Å². The van der Waals surface area contributed by atoms with Crippen molar-refractivity contribution >= 4 is 5.97 Å². The van der Waals surface area contributed by atoms with Gasteiger partial charge in [0.1, 0.15) is 6.04 Å². The van der Waals surface area contributed by atoms with E-state index in [9.17, 15) is 9.90 Å². The van der Waals surface area contributed by atoms with Crippen molar-refractivity contribution in [1.82, 2.24) is 10.6 Å². The number of rotatable bonds is 7. The smallest absolute Gasteiger partial charge is 0.322 e. The number of nitrogens with one attached hydrogen (secondary N) is 2. The first kappa shape index (κ1) is 15.3. The molecule has 0 heterocycles. The summed E-state index contributed by atoms with van der Waals surface area (Å²) in [7, 11) is 6.43. The van der Waals surface area contributed by atoms with Gasteiger partial charge >= 0.3 is 5.97 Å². The van der Waals surface area contributed by atoms with Gasteiger partial charge in [-0.05, 0) is 31.8 Å². The van der Waals surface area contributed by atoms with Crippen LogP contribution in [0.1, 0.15) is 11.6 Å². The van der Waals surface area contributed by atoms with Crippen LogP contribution in [-0.2, 0) is 4.79 Å². The van der Waals surface area contributed by atoms with Crippen molar-refractivity contribution in [2.24, 2.45) is 0 Å². The van der Waals surface area contributed by atoms with Crippen LogP contribution >= 0.6 is 0 Å². The van der Waals surface area contributed by atoms with Gasteiger partial charge in [-0.2, -0.15) is 0 Å². The first-order valence-electron chi connectivity index (χ1n) is 5.88. The summed E-state index contributed by atoms with van der Waals surface area (Å²) >= 11 is 0. The van der Waals surface area contributed by atoms with Crippen LogP contribution in [0.5, 0.6) is 11.5 Å². The van der Waals surface area contributed by atoms with Gasteiger partial charge in [0.2, 0.25) is 0 Å². The largest absolute Gasteiger partial charge is 0.493 e. The molecule has 0 aliphatic heterocycles. The molecule has 19 heavy (non-hydrogen) atoms. The summed E-state index contributed by atoms with van der Waals surface area (Å²) in [4.78, 5) is 11.2. The molecule has 0 saturated heterocycles. The molecule has 0 aliphatic carbocycles. The predicted molar refractivity (Wildman–Crippen MR) is 71.8 cm³/mol. The molecule has 6 nitrogen and oxygen atoms in total. The number of ether oxygens (including phenoxy) is 2. The number of carboxylic acids is 1. The average molecular weight is 268 g/mol. The number of benzene rings is 1. The lowest BCUT2D eigenvalue weighted by Crippen LogP contribution is -2.44. The molecule has 6 heteroatoms. The van der Waals surface area contributed by atoms with Crippen molar-refractivity contribution in [2.45, 2.75) is 12.1 Å². The molecule has 2 atom stereocenters. The summed E-state index contributed by atoms with van der Waals surface area (Å²) in [5, 5.41) is 15.0. The van der Waals surface area contributed by atoms with Gasteiger partial charge in [0.25, 0.3) is 0 Å². The van der Waals surface area contributed by atoms with E-state index in [-0.39, 0.29) is 6.04 Å². The van der Waals surface area contributed by atoms with Crippen molar-refractivity contribution in [1.29, 1.82) is 0 Å². The maximum Gasteiger partial charge on any atom is 0.322 e. The van der Waals surface area contributed by atoms with E-state index in [1.165, 1.54) is 0 Å². The highest BCUT2D eigenvalue weighted by atomic mass is 16.5. The van der Waals surface area contributed by atoms with Gasteiger partial charge in [0, 0.05) is 0 Å².